The molecule has 0 aliphatic carbocycles. The van der Waals surface area contributed by atoms with E-state index in [4.69, 9.17) is 11.6 Å². The van der Waals surface area contributed by atoms with Gasteiger partial charge in [0.05, 0.1) is 6.04 Å². The van der Waals surface area contributed by atoms with E-state index in [1.165, 1.54) is 0 Å². The van der Waals surface area contributed by atoms with Gasteiger partial charge in [-0.15, -0.1) is 0 Å². The number of pyridine rings is 1. The molecule has 21 heavy (non-hydrogen) atoms. The summed E-state index contributed by atoms with van der Waals surface area (Å²) in [5.74, 6) is 0.0422. The second kappa shape index (κ2) is 6.16. The van der Waals surface area contributed by atoms with E-state index in [-0.39, 0.29) is 11.9 Å². The van der Waals surface area contributed by atoms with Crippen LogP contribution in [0.15, 0.2) is 47.2 Å². The molecular weight excluding hydrogens is 352 g/mol. The fourth-order valence-corrected chi connectivity index (χ4v) is 3.34. The number of halogens is 2. The minimum atomic E-state index is 0.0422. The molecule has 108 valence electrons. The third kappa shape index (κ3) is 3.11. The number of carbonyl (C=O) groups is 1. The van der Waals surface area contributed by atoms with Crippen LogP contribution in [0.5, 0.6) is 0 Å². The maximum absolute atomic E-state index is 12.7. The second-order valence-electron chi connectivity index (χ2n) is 5.08. The van der Waals surface area contributed by atoms with Gasteiger partial charge in [0, 0.05) is 23.3 Å². The number of carbonyl (C=O) groups excluding carboxylic acids is 1. The van der Waals surface area contributed by atoms with Crippen molar-refractivity contribution in [2.75, 3.05) is 6.54 Å². The van der Waals surface area contributed by atoms with E-state index in [1.54, 1.807) is 18.3 Å². The topological polar surface area (TPSA) is 33.2 Å². The van der Waals surface area contributed by atoms with Crippen LogP contribution >= 0.6 is 27.5 Å². The highest BCUT2D eigenvalue weighted by Gasteiger charge is 2.30. The number of likely N-dealkylation sites (tertiary alicyclic amines) is 1. The van der Waals surface area contributed by atoms with Crippen molar-refractivity contribution >= 4 is 33.4 Å². The molecule has 1 aliphatic rings. The molecule has 0 bridgehead atoms. The summed E-state index contributed by atoms with van der Waals surface area (Å²) < 4.78 is 0.673. The lowest BCUT2D eigenvalue weighted by Crippen LogP contribution is -2.30. The standard InChI is InChI=1S/C16H14BrClN2O/c17-15-10-12(6-7-19-15)16(21)20-8-2-5-14(20)11-3-1-4-13(18)9-11/h1,3-4,6-7,9-10,14H,2,5,8H2. The Morgan fingerprint density at radius 1 is 1.33 bits per heavy atom. The molecule has 1 saturated heterocycles. The summed E-state index contributed by atoms with van der Waals surface area (Å²) in [7, 11) is 0. The van der Waals surface area contributed by atoms with E-state index in [0.29, 0.717) is 15.2 Å². The van der Waals surface area contributed by atoms with Crippen LogP contribution in [-0.2, 0) is 0 Å². The van der Waals surface area contributed by atoms with Gasteiger partial charge in [-0.2, -0.15) is 0 Å². The van der Waals surface area contributed by atoms with Crippen LogP contribution in [0.3, 0.4) is 0 Å². The van der Waals surface area contributed by atoms with Crippen LogP contribution in [-0.4, -0.2) is 22.3 Å². The Morgan fingerprint density at radius 2 is 2.19 bits per heavy atom. The Hall–Kier alpha value is -1.39. The highest BCUT2D eigenvalue weighted by Crippen LogP contribution is 2.34. The molecule has 3 nitrogen and oxygen atoms in total. The molecule has 1 fully saturated rings. The maximum Gasteiger partial charge on any atom is 0.254 e. The average Bonchev–Trinajstić information content (AvgIpc) is 2.96. The zero-order valence-corrected chi connectivity index (χ0v) is 13.6. The molecule has 0 N–H and O–H groups in total. The Bertz CT molecular complexity index is 677. The summed E-state index contributed by atoms with van der Waals surface area (Å²) in [5, 5.41) is 0.707. The third-order valence-corrected chi connectivity index (χ3v) is 4.39. The quantitative estimate of drug-likeness (QED) is 0.735. The predicted molar refractivity (Wildman–Crippen MR) is 86.4 cm³/mol. The van der Waals surface area contributed by atoms with Crippen molar-refractivity contribution in [2.24, 2.45) is 0 Å². The fourth-order valence-electron chi connectivity index (χ4n) is 2.77. The van der Waals surface area contributed by atoms with E-state index < -0.39 is 0 Å². The van der Waals surface area contributed by atoms with Gasteiger partial charge in [-0.3, -0.25) is 4.79 Å². The van der Waals surface area contributed by atoms with Gasteiger partial charge in [-0.25, -0.2) is 4.98 Å². The van der Waals surface area contributed by atoms with Gasteiger partial charge in [-0.1, -0.05) is 23.7 Å². The molecule has 1 aliphatic heterocycles. The predicted octanol–water partition coefficient (Wildman–Crippen LogP) is 4.47. The number of hydrogen-bond acceptors (Lipinski definition) is 2. The number of aromatic nitrogens is 1. The SMILES string of the molecule is O=C(c1ccnc(Br)c1)N1CCCC1c1cccc(Cl)c1. The number of benzene rings is 1. The van der Waals surface area contributed by atoms with Crippen molar-refractivity contribution in [2.45, 2.75) is 18.9 Å². The monoisotopic (exact) mass is 364 g/mol. The Balaban J connectivity index is 1.89. The van der Waals surface area contributed by atoms with E-state index in [0.717, 1.165) is 24.9 Å². The van der Waals surface area contributed by atoms with Gasteiger partial charge in [0.2, 0.25) is 0 Å². The van der Waals surface area contributed by atoms with Gasteiger partial charge in [0.25, 0.3) is 5.91 Å². The first-order valence-corrected chi connectivity index (χ1v) is 8.00. The number of nitrogens with zero attached hydrogens (tertiary/aromatic N) is 2. The molecule has 1 atom stereocenters. The maximum atomic E-state index is 12.7. The summed E-state index contributed by atoms with van der Waals surface area (Å²) in [6, 6.07) is 11.4. The molecule has 1 amide bonds. The minimum absolute atomic E-state index is 0.0422. The lowest BCUT2D eigenvalue weighted by Gasteiger charge is -2.25. The van der Waals surface area contributed by atoms with Crippen molar-refractivity contribution in [3.05, 3.63) is 63.3 Å². The van der Waals surface area contributed by atoms with Crippen molar-refractivity contribution in [3.63, 3.8) is 0 Å². The first-order valence-electron chi connectivity index (χ1n) is 6.83. The molecule has 2 aromatic rings. The zero-order valence-electron chi connectivity index (χ0n) is 11.3. The molecule has 5 heteroatoms. The fraction of sp³-hybridized carbons (Fsp3) is 0.250. The highest BCUT2D eigenvalue weighted by atomic mass is 79.9. The Labute approximate surface area is 137 Å². The van der Waals surface area contributed by atoms with Gasteiger partial charge in [0.15, 0.2) is 0 Å². The zero-order chi connectivity index (χ0) is 14.8. The first-order chi connectivity index (χ1) is 10.1. The molecular formula is C16H14BrClN2O. The van der Waals surface area contributed by atoms with E-state index in [2.05, 4.69) is 20.9 Å². The van der Waals surface area contributed by atoms with Gasteiger partial charge < -0.3 is 4.90 Å². The Morgan fingerprint density at radius 3 is 2.95 bits per heavy atom. The van der Waals surface area contributed by atoms with Gasteiger partial charge in [0.1, 0.15) is 4.60 Å². The minimum Gasteiger partial charge on any atom is -0.332 e. The van der Waals surface area contributed by atoms with Crippen LogP contribution in [0, 0.1) is 0 Å². The molecule has 2 heterocycles. The number of hydrogen-bond donors (Lipinski definition) is 0. The van der Waals surface area contributed by atoms with Crippen LogP contribution in [0.25, 0.3) is 0 Å². The summed E-state index contributed by atoms with van der Waals surface area (Å²) in [6.07, 6.45) is 3.62. The lowest BCUT2D eigenvalue weighted by molar-refractivity contribution is 0.0735. The third-order valence-electron chi connectivity index (χ3n) is 3.72. The van der Waals surface area contributed by atoms with E-state index >= 15 is 0 Å². The van der Waals surface area contributed by atoms with Crippen LogP contribution in [0.2, 0.25) is 5.02 Å². The van der Waals surface area contributed by atoms with E-state index in [9.17, 15) is 4.79 Å². The Kier molecular flexibility index (Phi) is 4.27. The van der Waals surface area contributed by atoms with Crippen LogP contribution < -0.4 is 0 Å². The van der Waals surface area contributed by atoms with Gasteiger partial charge >= 0.3 is 0 Å². The smallest absolute Gasteiger partial charge is 0.254 e. The molecule has 0 spiro atoms. The molecule has 1 unspecified atom stereocenters. The molecule has 0 radical (unpaired) electrons. The lowest BCUT2D eigenvalue weighted by atomic mass is 10.0. The van der Waals surface area contributed by atoms with Crippen LogP contribution in [0.1, 0.15) is 34.8 Å². The average molecular weight is 366 g/mol. The first kappa shape index (κ1) is 14.5. The van der Waals surface area contributed by atoms with E-state index in [1.807, 2.05) is 29.2 Å². The van der Waals surface area contributed by atoms with Crippen molar-refractivity contribution in [1.82, 2.24) is 9.88 Å². The normalized spacial score (nSPS) is 18.0. The van der Waals surface area contributed by atoms with Crippen molar-refractivity contribution in [1.29, 1.82) is 0 Å². The molecule has 1 aromatic carbocycles. The second-order valence-corrected chi connectivity index (χ2v) is 6.33. The van der Waals surface area contributed by atoms with Crippen LogP contribution in [0.4, 0.5) is 0 Å². The summed E-state index contributed by atoms with van der Waals surface area (Å²) in [4.78, 5) is 18.7. The van der Waals surface area contributed by atoms with Crippen molar-refractivity contribution in [3.8, 4) is 0 Å². The summed E-state index contributed by atoms with van der Waals surface area (Å²) >= 11 is 9.38. The summed E-state index contributed by atoms with van der Waals surface area (Å²) in [5.41, 5.74) is 1.76. The summed E-state index contributed by atoms with van der Waals surface area (Å²) in [6.45, 7) is 0.774. The largest absolute Gasteiger partial charge is 0.332 e. The molecule has 3 rings (SSSR count). The molecule has 0 saturated carbocycles. The van der Waals surface area contributed by atoms with Crippen molar-refractivity contribution < 1.29 is 4.79 Å². The number of rotatable bonds is 2. The van der Waals surface area contributed by atoms with Gasteiger partial charge in [-0.05, 0) is 58.6 Å². The molecule has 1 aromatic heterocycles. The highest BCUT2D eigenvalue weighted by molar-refractivity contribution is 9.10. The number of amides is 1.